The van der Waals surface area contributed by atoms with Gasteiger partial charge in [0.05, 0.1) is 17.3 Å². The predicted molar refractivity (Wildman–Crippen MR) is 76.4 cm³/mol. The number of nitrogens with one attached hydrogen (secondary N) is 1. The van der Waals surface area contributed by atoms with Crippen LogP contribution in [0.5, 0.6) is 5.75 Å². The van der Waals surface area contributed by atoms with Crippen LogP contribution in [0.15, 0.2) is 41.4 Å². The normalized spacial score (nSPS) is 11.5. The van der Waals surface area contributed by atoms with Gasteiger partial charge in [-0.05, 0) is 24.3 Å². The van der Waals surface area contributed by atoms with E-state index >= 15 is 0 Å². The highest BCUT2D eigenvalue weighted by atomic mass is 35.5. The van der Waals surface area contributed by atoms with E-state index in [-0.39, 0.29) is 21.5 Å². The number of aromatic nitrogens is 1. The van der Waals surface area contributed by atoms with Gasteiger partial charge in [0.2, 0.25) is 10.0 Å². The van der Waals surface area contributed by atoms with E-state index < -0.39 is 15.8 Å². The molecular weight excluding hydrogens is 323 g/mol. The highest BCUT2D eigenvalue weighted by Gasteiger charge is 2.21. The van der Waals surface area contributed by atoms with E-state index in [0.717, 1.165) is 6.07 Å². The number of pyridine rings is 1. The second kappa shape index (κ2) is 5.97. The third-order valence-corrected chi connectivity index (χ3v) is 4.37. The molecule has 0 aliphatic heterocycles. The van der Waals surface area contributed by atoms with Gasteiger partial charge in [-0.25, -0.2) is 13.1 Å². The number of rotatable bonds is 4. The van der Waals surface area contributed by atoms with Crippen molar-refractivity contribution in [3.05, 3.63) is 52.3 Å². The molecule has 0 aliphatic carbocycles. The third kappa shape index (κ3) is 3.40. The topological polar surface area (TPSA) is 79.3 Å². The van der Waals surface area contributed by atoms with Crippen molar-refractivity contribution in [3.63, 3.8) is 0 Å². The zero-order valence-electron chi connectivity index (χ0n) is 10.0. The van der Waals surface area contributed by atoms with Crippen LogP contribution in [-0.4, -0.2) is 18.5 Å². The Morgan fingerprint density at radius 1 is 1.25 bits per heavy atom. The smallest absolute Gasteiger partial charge is 0.244 e. The molecule has 5 nitrogen and oxygen atoms in total. The van der Waals surface area contributed by atoms with E-state index in [2.05, 4.69) is 9.71 Å². The van der Waals surface area contributed by atoms with E-state index in [0.29, 0.717) is 5.69 Å². The zero-order valence-corrected chi connectivity index (χ0v) is 12.4. The fourth-order valence-corrected chi connectivity index (χ4v) is 3.25. The summed E-state index contributed by atoms with van der Waals surface area (Å²) in [5.41, 5.74) is 0.545. The van der Waals surface area contributed by atoms with Gasteiger partial charge in [0.15, 0.2) is 5.75 Å². The van der Waals surface area contributed by atoms with Crippen LogP contribution in [0, 0.1) is 0 Å². The summed E-state index contributed by atoms with van der Waals surface area (Å²) in [4.78, 5) is 3.62. The number of benzene rings is 1. The summed E-state index contributed by atoms with van der Waals surface area (Å²) in [6.45, 7) is -0.00720. The van der Waals surface area contributed by atoms with Crippen LogP contribution in [0.4, 0.5) is 0 Å². The Hall–Kier alpha value is -1.34. The molecule has 1 aromatic heterocycles. The van der Waals surface area contributed by atoms with Crippen molar-refractivity contribution in [1.29, 1.82) is 0 Å². The summed E-state index contributed by atoms with van der Waals surface area (Å²) in [7, 11) is -3.94. The van der Waals surface area contributed by atoms with Gasteiger partial charge in [0.1, 0.15) is 4.90 Å². The summed E-state index contributed by atoms with van der Waals surface area (Å²) in [5.74, 6) is -0.537. The van der Waals surface area contributed by atoms with E-state index in [1.165, 1.54) is 6.07 Å². The van der Waals surface area contributed by atoms with Gasteiger partial charge in [-0.1, -0.05) is 29.3 Å². The van der Waals surface area contributed by atoms with Crippen LogP contribution in [0.2, 0.25) is 10.0 Å². The molecule has 0 fully saturated rings. The van der Waals surface area contributed by atoms with Gasteiger partial charge in [-0.15, -0.1) is 0 Å². The summed E-state index contributed by atoms with van der Waals surface area (Å²) in [6.07, 6.45) is 1.55. The zero-order chi connectivity index (χ0) is 14.8. The molecule has 0 radical (unpaired) electrons. The van der Waals surface area contributed by atoms with Gasteiger partial charge >= 0.3 is 0 Å². The van der Waals surface area contributed by atoms with Gasteiger partial charge in [-0.3, -0.25) is 4.98 Å². The first-order valence-corrected chi connectivity index (χ1v) is 7.71. The third-order valence-electron chi connectivity index (χ3n) is 2.45. The predicted octanol–water partition coefficient (Wildman–Crippen LogP) is 2.57. The van der Waals surface area contributed by atoms with E-state index in [9.17, 15) is 13.5 Å². The number of hydrogen-bond donors (Lipinski definition) is 2. The average Bonchev–Trinajstić information content (AvgIpc) is 2.42. The maximum atomic E-state index is 12.1. The maximum Gasteiger partial charge on any atom is 0.244 e. The number of aromatic hydroxyl groups is 1. The van der Waals surface area contributed by atoms with Crippen LogP contribution >= 0.6 is 23.2 Å². The number of hydrogen-bond acceptors (Lipinski definition) is 4. The Labute approximate surface area is 126 Å². The van der Waals surface area contributed by atoms with Crippen molar-refractivity contribution in [2.24, 2.45) is 0 Å². The van der Waals surface area contributed by atoms with Gasteiger partial charge in [0, 0.05) is 11.2 Å². The molecule has 0 saturated heterocycles. The lowest BCUT2D eigenvalue weighted by Gasteiger charge is -2.09. The van der Waals surface area contributed by atoms with Gasteiger partial charge in [-0.2, -0.15) is 0 Å². The van der Waals surface area contributed by atoms with Gasteiger partial charge in [0.25, 0.3) is 0 Å². The van der Waals surface area contributed by atoms with Crippen molar-refractivity contribution < 1.29 is 13.5 Å². The van der Waals surface area contributed by atoms with Crippen molar-refractivity contribution in [2.45, 2.75) is 11.4 Å². The number of nitrogens with zero attached hydrogens (tertiary/aromatic N) is 1. The number of sulfonamides is 1. The first-order chi connectivity index (χ1) is 9.40. The molecule has 8 heteroatoms. The molecule has 0 spiro atoms. The Balaban J connectivity index is 2.27. The van der Waals surface area contributed by atoms with Crippen molar-refractivity contribution in [3.8, 4) is 5.75 Å². The monoisotopic (exact) mass is 332 g/mol. The quantitative estimate of drug-likeness (QED) is 0.901. The lowest BCUT2D eigenvalue weighted by molar-refractivity contribution is 0.458. The molecule has 20 heavy (non-hydrogen) atoms. The summed E-state index contributed by atoms with van der Waals surface area (Å²) in [5, 5.41) is 9.72. The highest BCUT2D eigenvalue weighted by molar-refractivity contribution is 7.89. The SMILES string of the molecule is O=S(=O)(NCc1ccccn1)c1cc(Cl)cc(Cl)c1O. The molecule has 0 unspecified atom stereocenters. The van der Waals surface area contributed by atoms with Crippen LogP contribution in [0.1, 0.15) is 5.69 Å². The molecule has 106 valence electrons. The Morgan fingerprint density at radius 3 is 2.65 bits per heavy atom. The molecule has 1 aromatic carbocycles. The Morgan fingerprint density at radius 2 is 2.00 bits per heavy atom. The molecule has 0 atom stereocenters. The summed E-state index contributed by atoms with van der Waals surface area (Å²) < 4.78 is 26.5. The van der Waals surface area contributed by atoms with Gasteiger partial charge < -0.3 is 5.11 Å². The van der Waals surface area contributed by atoms with Crippen molar-refractivity contribution in [1.82, 2.24) is 9.71 Å². The van der Waals surface area contributed by atoms with E-state index in [4.69, 9.17) is 23.2 Å². The van der Waals surface area contributed by atoms with Crippen LogP contribution in [-0.2, 0) is 16.6 Å². The fraction of sp³-hybridized carbons (Fsp3) is 0.0833. The number of phenols is 1. The minimum atomic E-state index is -3.94. The maximum absolute atomic E-state index is 12.1. The molecule has 2 rings (SSSR count). The van der Waals surface area contributed by atoms with Crippen LogP contribution in [0.25, 0.3) is 0 Å². The molecule has 0 aliphatic rings. The molecule has 0 amide bonds. The minimum absolute atomic E-state index is 0.00720. The fourth-order valence-electron chi connectivity index (χ4n) is 1.50. The summed E-state index contributed by atoms with van der Waals surface area (Å²) in [6, 6.07) is 7.53. The standard InChI is InChI=1S/C12H10Cl2N2O3S/c13-8-5-10(14)12(17)11(6-8)20(18,19)16-7-9-3-1-2-4-15-9/h1-6,16-17H,7H2. The molecule has 1 heterocycles. The minimum Gasteiger partial charge on any atom is -0.505 e. The average molecular weight is 333 g/mol. The highest BCUT2D eigenvalue weighted by Crippen LogP contribution is 2.33. The largest absolute Gasteiger partial charge is 0.505 e. The van der Waals surface area contributed by atoms with Crippen molar-refractivity contribution in [2.75, 3.05) is 0 Å². The first-order valence-electron chi connectivity index (χ1n) is 5.48. The van der Waals surface area contributed by atoms with Crippen LogP contribution < -0.4 is 4.72 Å². The second-order valence-electron chi connectivity index (χ2n) is 3.88. The molecule has 0 saturated carbocycles. The van der Waals surface area contributed by atoms with E-state index in [1.807, 2.05) is 0 Å². The van der Waals surface area contributed by atoms with Crippen molar-refractivity contribution >= 4 is 33.2 Å². The first kappa shape index (κ1) is 15.1. The van der Waals surface area contributed by atoms with Crippen LogP contribution in [0.3, 0.4) is 0 Å². The lowest BCUT2D eigenvalue weighted by Crippen LogP contribution is -2.23. The molecular formula is C12H10Cl2N2O3S. The molecule has 0 bridgehead atoms. The Bertz CT molecular complexity index is 721. The molecule has 2 N–H and O–H groups in total. The van der Waals surface area contributed by atoms with E-state index in [1.54, 1.807) is 24.4 Å². The number of halogens is 2. The second-order valence-corrected chi connectivity index (χ2v) is 6.46. The molecule has 2 aromatic rings. The Kier molecular flexibility index (Phi) is 4.49. The summed E-state index contributed by atoms with van der Waals surface area (Å²) >= 11 is 11.4. The lowest BCUT2D eigenvalue weighted by atomic mass is 10.3. The number of phenolic OH excluding ortho intramolecular Hbond substituents is 1.